The number of hydrogen-bond acceptors (Lipinski definition) is 5. The average Bonchev–Trinajstić information content (AvgIpc) is 2.84. The molecule has 1 aliphatic heterocycles. The molecule has 2 unspecified atom stereocenters. The van der Waals surface area contributed by atoms with Crippen molar-refractivity contribution in [3.8, 4) is 0 Å². The van der Waals surface area contributed by atoms with E-state index in [1.54, 1.807) is 15.2 Å². The van der Waals surface area contributed by atoms with Crippen molar-refractivity contribution < 1.29 is 9.59 Å². The summed E-state index contributed by atoms with van der Waals surface area (Å²) in [6.45, 7) is 11.5. The largest absolute Gasteiger partial charge is 0.358 e. The molecule has 0 saturated carbocycles. The van der Waals surface area contributed by atoms with E-state index < -0.39 is 0 Å². The lowest BCUT2D eigenvalue weighted by molar-refractivity contribution is -0.137. The first-order chi connectivity index (χ1) is 17.5. The van der Waals surface area contributed by atoms with E-state index in [0.717, 1.165) is 5.56 Å². The lowest BCUT2D eigenvalue weighted by atomic mass is 9.98. The van der Waals surface area contributed by atoms with Gasteiger partial charge in [0.1, 0.15) is 5.03 Å². The van der Waals surface area contributed by atoms with Crippen LogP contribution in [-0.2, 0) is 9.59 Å². The van der Waals surface area contributed by atoms with E-state index in [-0.39, 0.29) is 28.9 Å². The van der Waals surface area contributed by atoms with Crippen LogP contribution in [-0.4, -0.2) is 58.1 Å². The molecule has 37 heavy (non-hydrogen) atoms. The van der Waals surface area contributed by atoms with E-state index in [1.807, 2.05) is 53.7 Å². The first-order valence-corrected chi connectivity index (χ1v) is 13.8. The summed E-state index contributed by atoms with van der Waals surface area (Å²) in [4.78, 5) is 27.7. The quantitative estimate of drug-likeness (QED) is 0.0632. The van der Waals surface area contributed by atoms with Crippen molar-refractivity contribution in [1.29, 1.82) is 0 Å². The zero-order valence-corrected chi connectivity index (χ0v) is 25.9. The van der Waals surface area contributed by atoms with Gasteiger partial charge in [0.2, 0.25) is 5.91 Å². The molecule has 0 aliphatic carbocycles. The van der Waals surface area contributed by atoms with Crippen molar-refractivity contribution in [2.24, 2.45) is 5.10 Å². The van der Waals surface area contributed by atoms with Gasteiger partial charge in [-0.1, -0.05) is 59.6 Å². The molecule has 200 valence electrons. The number of carbonyl (C=O) groups excluding carboxylic acids is 2. The van der Waals surface area contributed by atoms with E-state index in [0.29, 0.717) is 25.1 Å². The van der Waals surface area contributed by atoms with Crippen molar-refractivity contribution in [1.82, 2.24) is 13.0 Å². The van der Waals surface area contributed by atoms with Crippen LogP contribution in [0.15, 0.2) is 58.3 Å². The van der Waals surface area contributed by atoms with Gasteiger partial charge in [0.05, 0.1) is 52.7 Å². The summed E-state index contributed by atoms with van der Waals surface area (Å²) in [7, 11) is 1.76. The summed E-state index contributed by atoms with van der Waals surface area (Å²) in [6.07, 6.45) is 2.09. The Bertz CT molecular complexity index is 1150. The second kappa shape index (κ2) is 14.7. The van der Waals surface area contributed by atoms with Crippen molar-refractivity contribution in [2.75, 3.05) is 26.7 Å². The summed E-state index contributed by atoms with van der Waals surface area (Å²) in [5.74, 6) is -0.00202. The number of aryl methyl sites for hydroxylation is 3. The number of rotatable bonds is 7. The molecule has 6 nitrogen and oxygen atoms in total. The second-order valence-corrected chi connectivity index (χ2v) is 11.5. The van der Waals surface area contributed by atoms with Gasteiger partial charge in [0, 0.05) is 20.1 Å². The molecule has 0 aromatic heterocycles. The standard InChI is InChI=1S/C19H24ClIN4O2.C9H11Cl/c1-13-5-6-16(14(2)9-13)15(3)25-8-7-24(11-19(25)27)18(17(20)12-26)10-22-23(4)21;1-7-5-3-4-6-9(7)8(2)10/h5-6,9-10,12,15H,7-8,11H2,1-4H3;3-6,8H,1-2H3/b18-17-,22-10-;. The molecule has 1 heterocycles. The van der Waals surface area contributed by atoms with E-state index in [4.69, 9.17) is 23.2 Å². The molecule has 1 aliphatic rings. The monoisotopic (exact) mass is 656 g/mol. The summed E-state index contributed by atoms with van der Waals surface area (Å²) < 4.78 is 1.58. The van der Waals surface area contributed by atoms with Crippen LogP contribution in [0.25, 0.3) is 0 Å². The van der Waals surface area contributed by atoms with Gasteiger partial charge in [-0.3, -0.25) is 9.59 Å². The van der Waals surface area contributed by atoms with Gasteiger partial charge in [-0.2, -0.15) is 5.10 Å². The Kier molecular flexibility index (Phi) is 12.4. The highest BCUT2D eigenvalue weighted by Crippen LogP contribution is 2.27. The number of halogens is 3. The number of hydrogen-bond donors (Lipinski definition) is 0. The van der Waals surface area contributed by atoms with Crippen LogP contribution in [0.2, 0.25) is 0 Å². The lowest BCUT2D eigenvalue weighted by Gasteiger charge is -2.39. The fraction of sp³-hybridized carbons (Fsp3) is 0.393. The van der Waals surface area contributed by atoms with Gasteiger partial charge in [-0.15, -0.1) is 11.6 Å². The second-order valence-electron chi connectivity index (χ2n) is 9.06. The van der Waals surface area contributed by atoms with Crippen LogP contribution in [0.3, 0.4) is 0 Å². The third kappa shape index (κ3) is 9.00. The topological polar surface area (TPSA) is 56.2 Å². The zero-order chi connectivity index (χ0) is 27.7. The smallest absolute Gasteiger partial charge is 0.242 e. The summed E-state index contributed by atoms with van der Waals surface area (Å²) >= 11 is 14.0. The molecule has 0 bridgehead atoms. The van der Waals surface area contributed by atoms with E-state index >= 15 is 0 Å². The minimum Gasteiger partial charge on any atom is -0.358 e. The molecule has 1 fully saturated rings. The Morgan fingerprint density at radius 2 is 1.76 bits per heavy atom. The van der Waals surface area contributed by atoms with Crippen LogP contribution in [0.5, 0.6) is 0 Å². The van der Waals surface area contributed by atoms with Crippen molar-refractivity contribution in [2.45, 2.75) is 46.0 Å². The van der Waals surface area contributed by atoms with Crippen LogP contribution in [0.1, 0.15) is 53.1 Å². The molecular formula is C28H35Cl2IN4O2. The van der Waals surface area contributed by atoms with Crippen LogP contribution < -0.4 is 0 Å². The zero-order valence-electron chi connectivity index (χ0n) is 22.2. The van der Waals surface area contributed by atoms with Crippen molar-refractivity contribution in [3.05, 3.63) is 81.0 Å². The Labute approximate surface area is 244 Å². The molecule has 0 spiro atoms. The molecular weight excluding hydrogens is 622 g/mol. The van der Waals surface area contributed by atoms with Gasteiger partial charge in [-0.25, -0.2) is 3.22 Å². The first kappa shape index (κ1) is 31.1. The highest BCUT2D eigenvalue weighted by Gasteiger charge is 2.30. The first-order valence-electron chi connectivity index (χ1n) is 12.1. The van der Waals surface area contributed by atoms with Gasteiger partial charge in [0.15, 0.2) is 6.29 Å². The summed E-state index contributed by atoms with van der Waals surface area (Å²) in [6, 6.07) is 14.5. The number of piperazine rings is 1. The van der Waals surface area contributed by atoms with Gasteiger partial charge in [0.25, 0.3) is 0 Å². The number of carbonyl (C=O) groups is 2. The van der Waals surface area contributed by atoms with Crippen molar-refractivity contribution >= 4 is 64.5 Å². The van der Waals surface area contributed by atoms with Crippen LogP contribution in [0.4, 0.5) is 0 Å². The number of allylic oxidation sites excluding steroid dienone is 2. The minimum absolute atomic E-state index is 0.00202. The van der Waals surface area contributed by atoms with Crippen LogP contribution >= 0.6 is 46.1 Å². The van der Waals surface area contributed by atoms with Gasteiger partial charge < -0.3 is 9.80 Å². The molecule has 1 saturated heterocycles. The van der Waals surface area contributed by atoms with E-state index in [1.165, 1.54) is 28.5 Å². The predicted octanol–water partition coefficient (Wildman–Crippen LogP) is 6.72. The maximum absolute atomic E-state index is 12.8. The highest BCUT2D eigenvalue weighted by molar-refractivity contribution is 14.1. The van der Waals surface area contributed by atoms with Crippen molar-refractivity contribution in [3.63, 3.8) is 0 Å². The predicted molar refractivity (Wildman–Crippen MR) is 162 cm³/mol. The fourth-order valence-electron chi connectivity index (χ4n) is 4.29. The lowest BCUT2D eigenvalue weighted by Crippen LogP contribution is -2.51. The molecule has 2 aromatic rings. The maximum atomic E-state index is 12.8. The van der Waals surface area contributed by atoms with Crippen LogP contribution in [0, 0.1) is 20.8 Å². The number of nitrogens with zero attached hydrogens (tertiary/aromatic N) is 4. The summed E-state index contributed by atoms with van der Waals surface area (Å²) in [5.41, 5.74) is 6.49. The molecule has 0 N–H and O–H groups in total. The minimum atomic E-state index is -0.0108. The third-order valence-electron chi connectivity index (χ3n) is 6.25. The van der Waals surface area contributed by atoms with E-state index in [2.05, 4.69) is 56.2 Å². The molecule has 2 aromatic carbocycles. The molecule has 9 heteroatoms. The Morgan fingerprint density at radius 1 is 1.08 bits per heavy atom. The maximum Gasteiger partial charge on any atom is 0.242 e. The number of benzene rings is 2. The van der Waals surface area contributed by atoms with E-state index in [9.17, 15) is 9.59 Å². The third-order valence-corrected chi connectivity index (χ3v) is 7.01. The van der Waals surface area contributed by atoms with Gasteiger partial charge >= 0.3 is 0 Å². The number of alkyl halides is 1. The molecule has 0 radical (unpaired) electrons. The van der Waals surface area contributed by atoms with Gasteiger partial charge in [-0.05, 0) is 56.9 Å². The highest BCUT2D eigenvalue weighted by atomic mass is 127. The molecule has 1 amide bonds. The average molecular weight is 657 g/mol. The Balaban J connectivity index is 0.000000402. The Hall–Kier alpha value is -2.10. The number of hydrazone groups is 1. The molecule has 2 atom stereocenters. The normalized spacial score (nSPS) is 16.1. The number of aldehydes is 1. The number of amides is 1. The Morgan fingerprint density at radius 3 is 2.27 bits per heavy atom. The summed E-state index contributed by atoms with van der Waals surface area (Å²) in [5, 5.41) is 4.31. The molecule has 3 rings (SSSR count). The SMILES string of the molecule is Cc1ccc(C(C)N2CCN(C(/C=N\N(C)I)=C(\Cl)C=O)CC2=O)c(C)c1.Cc1ccccc1C(C)Cl. The fourth-order valence-corrected chi connectivity index (χ4v) is 4.82.